The number of furan rings is 1. The Morgan fingerprint density at radius 3 is 2.62 bits per heavy atom. The third-order valence-electron chi connectivity index (χ3n) is 3.65. The Balaban J connectivity index is 1.70. The summed E-state index contributed by atoms with van der Waals surface area (Å²) in [4.78, 5) is 11.9. The van der Waals surface area contributed by atoms with Gasteiger partial charge in [0, 0.05) is 12.5 Å². The Kier molecular flexibility index (Phi) is 6.44. The number of carbonyl (C=O) groups is 1. The molecule has 2 atom stereocenters. The zero-order valence-corrected chi connectivity index (χ0v) is 14.4. The van der Waals surface area contributed by atoms with Crippen molar-refractivity contribution in [2.75, 3.05) is 6.61 Å². The van der Waals surface area contributed by atoms with E-state index in [1.807, 2.05) is 32.9 Å². The highest BCUT2D eigenvalue weighted by molar-refractivity contribution is 5.76. The fraction of sp³-hybridized carbons (Fsp3) is 0.421. The van der Waals surface area contributed by atoms with Crippen molar-refractivity contribution in [3.63, 3.8) is 0 Å². The molecule has 0 fully saturated rings. The topological polar surface area (TPSA) is 71.7 Å². The zero-order valence-electron chi connectivity index (χ0n) is 14.4. The maximum atomic E-state index is 11.9. The maximum absolute atomic E-state index is 11.9. The van der Waals surface area contributed by atoms with Crippen LogP contribution in [0.1, 0.15) is 42.8 Å². The van der Waals surface area contributed by atoms with E-state index >= 15 is 0 Å². The van der Waals surface area contributed by atoms with Crippen molar-refractivity contribution < 1.29 is 19.1 Å². The van der Waals surface area contributed by atoms with Crippen LogP contribution >= 0.6 is 0 Å². The Bertz CT molecular complexity index is 631. The van der Waals surface area contributed by atoms with Gasteiger partial charge in [-0.15, -0.1) is 0 Å². The third-order valence-corrected chi connectivity index (χ3v) is 3.65. The summed E-state index contributed by atoms with van der Waals surface area (Å²) < 4.78 is 10.8. The predicted octanol–water partition coefficient (Wildman–Crippen LogP) is 3.29. The van der Waals surface area contributed by atoms with Crippen LogP contribution in [-0.2, 0) is 4.79 Å². The van der Waals surface area contributed by atoms with Crippen LogP contribution in [0.15, 0.2) is 41.0 Å². The quantitative estimate of drug-likeness (QED) is 0.778. The molecule has 5 nitrogen and oxygen atoms in total. The first-order valence-corrected chi connectivity index (χ1v) is 8.16. The van der Waals surface area contributed by atoms with Crippen LogP contribution in [0.2, 0.25) is 0 Å². The number of aliphatic hydroxyl groups excluding tert-OH is 1. The van der Waals surface area contributed by atoms with Crippen molar-refractivity contribution >= 4 is 5.91 Å². The van der Waals surface area contributed by atoms with Gasteiger partial charge in [0.05, 0.1) is 19.3 Å². The molecule has 1 amide bonds. The number of benzene rings is 1. The summed E-state index contributed by atoms with van der Waals surface area (Å²) in [5.41, 5.74) is 2.27. The average molecular weight is 331 g/mol. The van der Waals surface area contributed by atoms with E-state index in [-0.39, 0.29) is 18.4 Å². The number of nitrogens with one attached hydrogen (secondary N) is 1. The van der Waals surface area contributed by atoms with Crippen LogP contribution in [0.25, 0.3) is 0 Å². The lowest BCUT2D eigenvalue weighted by Gasteiger charge is -2.17. The lowest BCUT2D eigenvalue weighted by Crippen LogP contribution is -2.34. The number of aryl methyl sites for hydroxylation is 2. The van der Waals surface area contributed by atoms with E-state index < -0.39 is 6.10 Å². The minimum Gasteiger partial charge on any atom is -0.493 e. The molecule has 1 aromatic heterocycles. The molecule has 0 saturated heterocycles. The second-order valence-electron chi connectivity index (χ2n) is 6.16. The Morgan fingerprint density at radius 1 is 1.29 bits per heavy atom. The molecule has 0 saturated carbocycles. The predicted molar refractivity (Wildman–Crippen MR) is 91.9 cm³/mol. The summed E-state index contributed by atoms with van der Waals surface area (Å²) >= 11 is 0. The van der Waals surface area contributed by atoms with Crippen molar-refractivity contribution in [2.45, 2.75) is 45.8 Å². The molecular weight excluding hydrogens is 306 g/mol. The molecule has 0 radical (unpaired) electrons. The molecule has 0 aliphatic heterocycles. The van der Waals surface area contributed by atoms with Crippen LogP contribution < -0.4 is 10.1 Å². The van der Waals surface area contributed by atoms with Crippen molar-refractivity contribution in [1.29, 1.82) is 0 Å². The van der Waals surface area contributed by atoms with Crippen LogP contribution in [-0.4, -0.2) is 23.7 Å². The number of hydrogen-bond donors (Lipinski definition) is 2. The highest BCUT2D eigenvalue weighted by Gasteiger charge is 2.16. The normalized spacial score (nSPS) is 13.3. The lowest BCUT2D eigenvalue weighted by atomic mass is 10.1. The fourth-order valence-electron chi connectivity index (χ4n) is 2.62. The van der Waals surface area contributed by atoms with Crippen LogP contribution in [0, 0.1) is 13.8 Å². The van der Waals surface area contributed by atoms with Gasteiger partial charge in [0.15, 0.2) is 0 Å². The monoisotopic (exact) mass is 331 g/mol. The summed E-state index contributed by atoms with van der Waals surface area (Å²) in [6, 6.07) is 9.27. The molecule has 130 valence electrons. The van der Waals surface area contributed by atoms with E-state index in [4.69, 9.17) is 9.15 Å². The highest BCUT2D eigenvalue weighted by Crippen LogP contribution is 2.19. The second kappa shape index (κ2) is 8.55. The van der Waals surface area contributed by atoms with Crippen molar-refractivity contribution in [3.8, 4) is 5.75 Å². The molecule has 2 aromatic rings. The molecule has 2 N–H and O–H groups in total. The zero-order chi connectivity index (χ0) is 17.5. The lowest BCUT2D eigenvalue weighted by molar-refractivity contribution is -0.122. The van der Waals surface area contributed by atoms with Gasteiger partial charge >= 0.3 is 0 Å². The Labute approximate surface area is 142 Å². The van der Waals surface area contributed by atoms with Crippen LogP contribution in [0.5, 0.6) is 5.75 Å². The first-order chi connectivity index (χ1) is 11.4. The summed E-state index contributed by atoms with van der Waals surface area (Å²) in [5, 5.41) is 12.9. The van der Waals surface area contributed by atoms with Gasteiger partial charge in [-0.1, -0.05) is 6.07 Å². The molecule has 0 aliphatic carbocycles. The molecular formula is C19H25NO4. The molecule has 1 heterocycles. The van der Waals surface area contributed by atoms with E-state index in [0.29, 0.717) is 18.8 Å². The molecule has 1 aromatic carbocycles. The number of carbonyl (C=O) groups excluding carboxylic acids is 1. The molecule has 0 spiro atoms. The SMILES string of the molecule is Cc1cc(C)cc(OCCC(=O)NC(C)CC(O)c2ccco2)c1. The minimum absolute atomic E-state index is 0.0986. The van der Waals surface area contributed by atoms with Crippen LogP contribution in [0.4, 0.5) is 0 Å². The summed E-state index contributed by atoms with van der Waals surface area (Å²) in [5.74, 6) is 1.19. The first-order valence-electron chi connectivity index (χ1n) is 8.16. The van der Waals surface area contributed by atoms with Gasteiger partial charge in [-0.25, -0.2) is 0 Å². The standard InChI is InChI=1S/C19H25NO4/c1-13-9-14(2)11-16(10-13)23-8-6-19(22)20-15(3)12-17(21)18-5-4-7-24-18/h4-5,7,9-11,15,17,21H,6,8,12H2,1-3H3,(H,20,22). The molecule has 5 heteroatoms. The minimum atomic E-state index is -0.721. The molecule has 0 aliphatic rings. The van der Waals surface area contributed by atoms with E-state index in [1.165, 1.54) is 6.26 Å². The van der Waals surface area contributed by atoms with Gasteiger partial charge in [0.1, 0.15) is 17.6 Å². The van der Waals surface area contributed by atoms with Gasteiger partial charge < -0.3 is 19.6 Å². The number of ether oxygens (including phenoxy) is 1. The maximum Gasteiger partial charge on any atom is 0.223 e. The van der Waals surface area contributed by atoms with E-state index in [9.17, 15) is 9.90 Å². The first kappa shape index (κ1) is 18.1. The van der Waals surface area contributed by atoms with Crippen molar-refractivity contribution in [3.05, 3.63) is 53.5 Å². The summed E-state index contributed by atoms with van der Waals surface area (Å²) in [7, 11) is 0. The van der Waals surface area contributed by atoms with Crippen LogP contribution in [0.3, 0.4) is 0 Å². The van der Waals surface area contributed by atoms with Gasteiger partial charge in [0.25, 0.3) is 0 Å². The number of aliphatic hydroxyl groups is 1. The largest absolute Gasteiger partial charge is 0.493 e. The summed E-state index contributed by atoms with van der Waals surface area (Å²) in [6.07, 6.45) is 1.47. The third kappa shape index (κ3) is 5.74. The van der Waals surface area contributed by atoms with E-state index in [1.54, 1.807) is 12.1 Å². The molecule has 24 heavy (non-hydrogen) atoms. The Hall–Kier alpha value is -2.27. The van der Waals surface area contributed by atoms with E-state index in [0.717, 1.165) is 16.9 Å². The van der Waals surface area contributed by atoms with Gasteiger partial charge in [-0.2, -0.15) is 0 Å². The van der Waals surface area contributed by atoms with Crippen molar-refractivity contribution in [2.24, 2.45) is 0 Å². The number of rotatable bonds is 8. The van der Waals surface area contributed by atoms with Gasteiger partial charge in [-0.3, -0.25) is 4.79 Å². The second-order valence-corrected chi connectivity index (χ2v) is 6.16. The fourth-order valence-corrected chi connectivity index (χ4v) is 2.62. The summed E-state index contributed by atoms with van der Waals surface area (Å²) in [6.45, 7) is 6.20. The highest BCUT2D eigenvalue weighted by atomic mass is 16.5. The molecule has 0 bridgehead atoms. The van der Waals surface area contributed by atoms with Crippen molar-refractivity contribution in [1.82, 2.24) is 5.32 Å². The number of amides is 1. The number of hydrogen-bond acceptors (Lipinski definition) is 4. The Morgan fingerprint density at radius 2 is 2.00 bits per heavy atom. The van der Waals surface area contributed by atoms with E-state index in [2.05, 4.69) is 11.4 Å². The van der Waals surface area contributed by atoms with Gasteiger partial charge in [0.2, 0.25) is 5.91 Å². The molecule has 2 unspecified atom stereocenters. The van der Waals surface area contributed by atoms with Gasteiger partial charge in [-0.05, 0) is 56.2 Å². The average Bonchev–Trinajstić information content (AvgIpc) is 3.00. The smallest absolute Gasteiger partial charge is 0.223 e. The molecule has 2 rings (SSSR count).